The maximum absolute atomic E-state index is 13.2. The van der Waals surface area contributed by atoms with Crippen molar-refractivity contribution in [1.82, 2.24) is 5.32 Å². The van der Waals surface area contributed by atoms with E-state index in [0.29, 0.717) is 24.3 Å². The Morgan fingerprint density at radius 1 is 1.56 bits per heavy atom. The normalized spacial score (nSPS) is 23.6. The van der Waals surface area contributed by atoms with E-state index in [4.69, 9.17) is 10.00 Å². The van der Waals surface area contributed by atoms with E-state index in [1.54, 1.807) is 0 Å². The van der Waals surface area contributed by atoms with Gasteiger partial charge in [0.1, 0.15) is 5.82 Å². The van der Waals surface area contributed by atoms with Crippen molar-refractivity contribution in [1.29, 1.82) is 5.26 Å². The van der Waals surface area contributed by atoms with Gasteiger partial charge in [-0.2, -0.15) is 5.26 Å². The largest absolute Gasteiger partial charge is 0.380 e. The lowest BCUT2D eigenvalue weighted by atomic mass is 9.94. The predicted molar refractivity (Wildman–Crippen MR) is 66.4 cm³/mol. The van der Waals surface area contributed by atoms with Crippen LogP contribution in [-0.4, -0.2) is 18.8 Å². The number of hydrogen-bond donors (Lipinski definition) is 1. The van der Waals surface area contributed by atoms with Crippen LogP contribution in [0.5, 0.6) is 0 Å². The molecule has 3 nitrogen and oxygen atoms in total. The van der Waals surface area contributed by atoms with Crippen LogP contribution in [-0.2, 0) is 11.3 Å². The molecule has 18 heavy (non-hydrogen) atoms. The molecule has 96 valence electrons. The summed E-state index contributed by atoms with van der Waals surface area (Å²) in [6.07, 6.45) is 2.06. The molecule has 1 aromatic carbocycles. The van der Waals surface area contributed by atoms with Gasteiger partial charge in [0.2, 0.25) is 0 Å². The first-order valence-corrected chi connectivity index (χ1v) is 6.14. The lowest BCUT2D eigenvalue weighted by Gasteiger charge is -2.34. The van der Waals surface area contributed by atoms with Crippen LogP contribution < -0.4 is 5.32 Å². The molecule has 0 spiro atoms. The first-order valence-electron chi connectivity index (χ1n) is 6.14. The van der Waals surface area contributed by atoms with Gasteiger partial charge in [0.05, 0.1) is 18.2 Å². The molecule has 1 fully saturated rings. The lowest BCUT2D eigenvalue weighted by Crippen LogP contribution is -2.48. The first kappa shape index (κ1) is 13.0. The van der Waals surface area contributed by atoms with E-state index in [-0.39, 0.29) is 11.4 Å². The summed E-state index contributed by atoms with van der Waals surface area (Å²) in [5.41, 5.74) is 1.13. The van der Waals surface area contributed by atoms with Crippen LogP contribution in [0.4, 0.5) is 4.39 Å². The van der Waals surface area contributed by atoms with E-state index in [1.165, 1.54) is 18.2 Å². The van der Waals surface area contributed by atoms with Gasteiger partial charge in [0.25, 0.3) is 0 Å². The Morgan fingerprint density at radius 3 is 3.06 bits per heavy atom. The topological polar surface area (TPSA) is 45.0 Å². The molecule has 2 rings (SSSR count). The number of nitrogens with one attached hydrogen (secondary N) is 1. The van der Waals surface area contributed by atoms with Crippen LogP contribution in [0.3, 0.4) is 0 Å². The fraction of sp³-hybridized carbons (Fsp3) is 0.500. The highest BCUT2D eigenvalue weighted by atomic mass is 19.1. The summed E-state index contributed by atoms with van der Waals surface area (Å²) in [5, 5.41) is 12.4. The molecule has 0 radical (unpaired) electrons. The van der Waals surface area contributed by atoms with Gasteiger partial charge in [-0.3, -0.25) is 0 Å². The van der Waals surface area contributed by atoms with Gasteiger partial charge in [-0.15, -0.1) is 0 Å². The Hall–Kier alpha value is -1.44. The summed E-state index contributed by atoms with van der Waals surface area (Å²) in [6, 6.07) is 6.33. The molecule has 1 atom stereocenters. The number of hydrogen-bond acceptors (Lipinski definition) is 3. The van der Waals surface area contributed by atoms with E-state index in [2.05, 4.69) is 18.3 Å². The third-order valence-corrected chi connectivity index (χ3v) is 3.33. The molecule has 0 amide bonds. The Kier molecular flexibility index (Phi) is 3.95. The summed E-state index contributed by atoms with van der Waals surface area (Å²) in [7, 11) is 0. The molecule has 1 aliphatic rings. The van der Waals surface area contributed by atoms with E-state index in [0.717, 1.165) is 19.4 Å². The average Bonchev–Trinajstić information content (AvgIpc) is 2.38. The number of halogens is 1. The molecule has 1 heterocycles. The second-order valence-corrected chi connectivity index (χ2v) is 4.98. The minimum absolute atomic E-state index is 0.0860. The van der Waals surface area contributed by atoms with E-state index in [1.807, 2.05) is 0 Å². The SMILES string of the molecule is CC1(NCc2cc(F)ccc2C#N)CCCOC1. The molecule has 0 saturated carbocycles. The highest BCUT2D eigenvalue weighted by Crippen LogP contribution is 2.20. The van der Waals surface area contributed by atoms with Crippen molar-refractivity contribution in [2.24, 2.45) is 0 Å². The van der Waals surface area contributed by atoms with Crippen molar-refractivity contribution >= 4 is 0 Å². The van der Waals surface area contributed by atoms with Crippen molar-refractivity contribution in [3.8, 4) is 6.07 Å². The van der Waals surface area contributed by atoms with Gasteiger partial charge in [0, 0.05) is 18.7 Å². The summed E-state index contributed by atoms with van der Waals surface area (Å²) in [6.45, 7) is 4.04. The zero-order valence-corrected chi connectivity index (χ0v) is 10.5. The molecule has 1 unspecified atom stereocenters. The van der Waals surface area contributed by atoms with Crippen LogP contribution in [0, 0.1) is 17.1 Å². The standard InChI is InChI=1S/C14H17FN2O/c1-14(5-2-6-18-10-14)17-9-12-7-13(15)4-3-11(12)8-16/h3-4,7,17H,2,5-6,9-10H2,1H3. The summed E-state index contributed by atoms with van der Waals surface area (Å²) < 4.78 is 18.6. The summed E-state index contributed by atoms with van der Waals surface area (Å²) >= 11 is 0. The Balaban J connectivity index is 2.05. The van der Waals surface area contributed by atoms with Crippen LogP contribution in [0.25, 0.3) is 0 Å². The van der Waals surface area contributed by atoms with Crippen LogP contribution in [0.15, 0.2) is 18.2 Å². The Labute approximate surface area is 107 Å². The molecule has 4 heteroatoms. The zero-order chi connectivity index (χ0) is 13.0. The molecule has 0 bridgehead atoms. The number of rotatable bonds is 3. The van der Waals surface area contributed by atoms with Crippen molar-refractivity contribution in [3.05, 3.63) is 35.1 Å². The minimum Gasteiger partial charge on any atom is -0.380 e. The van der Waals surface area contributed by atoms with Gasteiger partial charge < -0.3 is 10.1 Å². The van der Waals surface area contributed by atoms with Crippen LogP contribution in [0.1, 0.15) is 30.9 Å². The van der Waals surface area contributed by atoms with Gasteiger partial charge in [-0.1, -0.05) is 0 Å². The zero-order valence-electron chi connectivity index (χ0n) is 10.5. The molecule has 0 aromatic heterocycles. The third kappa shape index (κ3) is 3.06. The number of ether oxygens (including phenoxy) is 1. The maximum Gasteiger partial charge on any atom is 0.123 e. The molecule has 1 N–H and O–H groups in total. The Bertz CT molecular complexity index is 461. The maximum atomic E-state index is 13.2. The van der Waals surface area contributed by atoms with Crippen LogP contribution >= 0.6 is 0 Å². The smallest absolute Gasteiger partial charge is 0.123 e. The van der Waals surface area contributed by atoms with Gasteiger partial charge in [-0.05, 0) is 43.5 Å². The second kappa shape index (κ2) is 5.47. The van der Waals surface area contributed by atoms with Gasteiger partial charge in [-0.25, -0.2) is 4.39 Å². The minimum atomic E-state index is -0.309. The second-order valence-electron chi connectivity index (χ2n) is 4.98. The van der Waals surface area contributed by atoms with Crippen molar-refractivity contribution in [2.45, 2.75) is 31.8 Å². The molecule has 1 aliphatic heterocycles. The fourth-order valence-electron chi connectivity index (χ4n) is 2.20. The molecular formula is C14H17FN2O. The van der Waals surface area contributed by atoms with Crippen LogP contribution in [0.2, 0.25) is 0 Å². The highest BCUT2D eigenvalue weighted by molar-refractivity contribution is 5.37. The van der Waals surface area contributed by atoms with Crippen molar-refractivity contribution in [2.75, 3.05) is 13.2 Å². The molecule has 1 saturated heterocycles. The monoisotopic (exact) mass is 248 g/mol. The summed E-state index contributed by atoms with van der Waals surface area (Å²) in [5.74, 6) is -0.309. The molecule has 1 aromatic rings. The molecule has 0 aliphatic carbocycles. The van der Waals surface area contributed by atoms with Crippen molar-refractivity contribution in [3.63, 3.8) is 0 Å². The van der Waals surface area contributed by atoms with E-state index >= 15 is 0 Å². The predicted octanol–water partition coefficient (Wildman–Crippen LogP) is 2.36. The highest BCUT2D eigenvalue weighted by Gasteiger charge is 2.26. The molecular weight excluding hydrogens is 231 g/mol. The lowest BCUT2D eigenvalue weighted by molar-refractivity contribution is 0.0277. The number of benzene rings is 1. The van der Waals surface area contributed by atoms with Gasteiger partial charge >= 0.3 is 0 Å². The van der Waals surface area contributed by atoms with E-state index < -0.39 is 0 Å². The summed E-state index contributed by atoms with van der Waals surface area (Å²) in [4.78, 5) is 0. The van der Waals surface area contributed by atoms with Gasteiger partial charge in [0.15, 0.2) is 0 Å². The third-order valence-electron chi connectivity index (χ3n) is 3.33. The first-order chi connectivity index (χ1) is 8.63. The Morgan fingerprint density at radius 2 is 2.39 bits per heavy atom. The fourth-order valence-corrected chi connectivity index (χ4v) is 2.20. The quantitative estimate of drug-likeness (QED) is 0.893. The van der Waals surface area contributed by atoms with Crippen molar-refractivity contribution < 1.29 is 9.13 Å². The average molecular weight is 248 g/mol. The number of nitrogens with zero attached hydrogens (tertiary/aromatic N) is 1. The number of nitriles is 1. The van der Waals surface area contributed by atoms with E-state index in [9.17, 15) is 4.39 Å².